The van der Waals surface area contributed by atoms with Crippen LogP contribution in [0.15, 0.2) is 35.3 Å². The molecular formula is C16H15F2N2O8PS. The Kier molecular flexibility index (Phi) is 5.39. The zero-order chi connectivity index (χ0) is 21.7. The largest absolute Gasteiger partial charge is 0.530 e. The molecule has 10 nitrogen and oxygen atoms in total. The summed E-state index contributed by atoms with van der Waals surface area (Å²) in [4.78, 5) is 13.2. The number of hydrogen-bond acceptors (Lipinski definition) is 9. The Hall–Kier alpha value is -1.99. The lowest BCUT2D eigenvalue weighted by molar-refractivity contribution is -0.205. The Morgan fingerprint density at radius 2 is 2.13 bits per heavy atom. The molecule has 1 aromatic carbocycles. The second-order valence-corrected chi connectivity index (χ2v) is 8.55. The third-order valence-corrected chi connectivity index (χ3v) is 6.18. The smallest absolute Gasteiger partial charge is 0.404 e. The number of ether oxygens (including phenoxy) is 1. The molecule has 162 valence electrons. The van der Waals surface area contributed by atoms with Gasteiger partial charge in [0.2, 0.25) is 5.82 Å². The van der Waals surface area contributed by atoms with Crippen LogP contribution in [0.25, 0.3) is 0 Å². The van der Waals surface area contributed by atoms with Crippen LogP contribution in [-0.2, 0) is 25.0 Å². The normalized spacial score (nSPS) is 33.1. The Morgan fingerprint density at radius 1 is 1.40 bits per heavy atom. The van der Waals surface area contributed by atoms with Crippen molar-refractivity contribution in [3.63, 3.8) is 0 Å². The molecule has 0 spiro atoms. The number of nitrogens with one attached hydrogen (secondary N) is 1. The van der Waals surface area contributed by atoms with Crippen molar-refractivity contribution >= 4 is 20.0 Å². The highest BCUT2D eigenvalue weighted by atomic mass is 32.1. The average molecular weight is 464 g/mol. The standard InChI is InChI=1S/C16H15F2N2O8PS/c17-9-5-20(15(30)19-13(9)23)14-11(21)12(22)16(18,27-14)7-26-29(24)25-6-8-3-1-2-4-10(8)28-29/h1-5,11-12,14,21-22H,6-7H2,(H,19,23,30)/t11-,12+,14-,16-,29?/m1/s1. The summed E-state index contributed by atoms with van der Waals surface area (Å²) < 4.78 is 62.0. The lowest BCUT2D eigenvalue weighted by atomic mass is 10.1. The van der Waals surface area contributed by atoms with Crippen molar-refractivity contribution in [3.05, 3.63) is 57.0 Å². The minimum absolute atomic E-state index is 0.118. The molecule has 2 aliphatic rings. The Morgan fingerprint density at radius 3 is 2.90 bits per heavy atom. The van der Waals surface area contributed by atoms with Gasteiger partial charge in [0.05, 0.1) is 12.8 Å². The number of para-hydroxylation sites is 1. The molecule has 3 heterocycles. The summed E-state index contributed by atoms with van der Waals surface area (Å²) in [5.41, 5.74) is -0.520. The van der Waals surface area contributed by atoms with Crippen LogP contribution in [0.4, 0.5) is 8.78 Å². The van der Waals surface area contributed by atoms with E-state index in [1.807, 2.05) is 4.98 Å². The molecule has 0 bridgehead atoms. The highest BCUT2D eigenvalue weighted by molar-refractivity contribution is 7.71. The van der Waals surface area contributed by atoms with Gasteiger partial charge in [0.15, 0.2) is 11.0 Å². The molecule has 30 heavy (non-hydrogen) atoms. The first kappa shape index (κ1) is 21.2. The third-order valence-electron chi connectivity index (χ3n) is 4.55. The Bertz CT molecular complexity index is 1140. The second kappa shape index (κ2) is 7.61. The number of phosphoric ester groups is 1. The molecule has 1 unspecified atom stereocenters. The maximum absolute atomic E-state index is 15.2. The van der Waals surface area contributed by atoms with Crippen molar-refractivity contribution in [2.75, 3.05) is 6.61 Å². The van der Waals surface area contributed by atoms with Crippen molar-refractivity contribution < 1.29 is 41.9 Å². The Balaban J connectivity index is 1.52. The van der Waals surface area contributed by atoms with Crippen molar-refractivity contribution in [3.8, 4) is 5.75 Å². The molecule has 14 heteroatoms. The molecular weight excluding hydrogens is 449 g/mol. The van der Waals surface area contributed by atoms with Crippen molar-refractivity contribution in [2.24, 2.45) is 0 Å². The lowest BCUT2D eigenvalue weighted by Gasteiger charge is -2.28. The van der Waals surface area contributed by atoms with Gasteiger partial charge in [0.25, 0.3) is 11.4 Å². The minimum atomic E-state index is -4.25. The fourth-order valence-corrected chi connectivity index (χ4v) is 4.46. The zero-order valence-corrected chi connectivity index (χ0v) is 16.6. The van der Waals surface area contributed by atoms with Gasteiger partial charge in [-0.05, 0) is 18.3 Å². The van der Waals surface area contributed by atoms with E-state index in [0.717, 1.165) is 4.57 Å². The van der Waals surface area contributed by atoms with Crippen molar-refractivity contribution in [1.29, 1.82) is 0 Å². The van der Waals surface area contributed by atoms with Gasteiger partial charge in [-0.15, -0.1) is 0 Å². The summed E-state index contributed by atoms with van der Waals surface area (Å²) in [6.07, 6.45) is -5.23. The highest BCUT2D eigenvalue weighted by Crippen LogP contribution is 2.55. The maximum Gasteiger partial charge on any atom is 0.530 e. The summed E-state index contributed by atoms with van der Waals surface area (Å²) in [6.45, 7) is -1.27. The van der Waals surface area contributed by atoms with E-state index in [-0.39, 0.29) is 17.1 Å². The number of halogens is 2. The van der Waals surface area contributed by atoms with Crippen molar-refractivity contribution in [2.45, 2.75) is 30.9 Å². The topological polar surface area (TPSA) is 132 Å². The number of hydrogen-bond donors (Lipinski definition) is 3. The van der Waals surface area contributed by atoms with Gasteiger partial charge in [-0.1, -0.05) is 18.2 Å². The zero-order valence-electron chi connectivity index (χ0n) is 14.9. The van der Waals surface area contributed by atoms with E-state index in [1.165, 1.54) is 6.07 Å². The quantitative estimate of drug-likeness (QED) is 0.457. The van der Waals surface area contributed by atoms with E-state index in [1.54, 1.807) is 18.2 Å². The van der Waals surface area contributed by atoms with E-state index in [4.69, 9.17) is 30.5 Å². The van der Waals surface area contributed by atoms with E-state index in [2.05, 4.69) is 0 Å². The molecule has 5 atom stereocenters. The van der Waals surface area contributed by atoms with Crippen LogP contribution in [0.3, 0.4) is 0 Å². The first-order chi connectivity index (χ1) is 14.1. The van der Waals surface area contributed by atoms with E-state index in [0.29, 0.717) is 11.8 Å². The van der Waals surface area contributed by atoms with Gasteiger partial charge in [-0.25, -0.2) is 8.96 Å². The van der Waals surface area contributed by atoms with Gasteiger partial charge < -0.3 is 19.5 Å². The number of alkyl halides is 1. The number of phosphoric acid groups is 1. The van der Waals surface area contributed by atoms with Gasteiger partial charge in [-0.3, -0.25) is 23.4 Å². The molecule has 0 radical (unpaired) electrons. The molecule has 4 rings (SSSR count). The van der Waals surface area contributed by atoms with Crippen LogP contribution >= 0.6 is 20.0 Å². The summed E-state index contributed by atoms with van der Waals surface area (Å²) in [7, 11) is -4.25. The molecule has 0 aliphatic carbocycles. The number of aromatic amines is 1. The predicted molar refractivity (Wildman–Crippen MR) is 97.2 cm³/mol. The number of aliphatic hydroxyl groups is 2. The van der Waals surface area contributed by atoms with Crippen LogP contribution in [-0.4, -0.2) is 44.4 Å². The molecule has 1 saturated heterocycles. The molecule has 3 N–H and O–H groups in total. The first-order valence-electron chi connectivity index (χ1n) is 8.52. The van der Waals surface area contributed by atoms with Gasteiger partial charge >= 0.3 is 7.82 Å². The predicted octanol–water partition coefficient (Wildman–Crippen LogP) is 1.70. The van der Waals surface area contributed by atoms with Crippen LogP contribution in [0, 0.1) is 10.6 Å². The van der Waals surface area contributed by atoms with Crippen LogP contribution < -0.4 is 10.1 Å². The van der Waals surface area contributed by atoms with Crippen LogP contribution in [0.1, 0.15) is 11.8 Å². The number of nitrogens with zero attached hydrogens (tertiary/aromatic N) is 1. The number of aromatic nitrogens is 2. The number of benzene rings is 1. The molecule has 1 aromatic heterocycles. The van der Waals surface area contributed by atoms with E-state index >= 15 is 4.39 Å². The molecule has 1 fully saturated rings. The monoisotopic (exact) mass is 464 g/mol. The lowest BCUT2D eigenvalue weighted by Crippen LogP contribution is -2.43. The van der Waals surface area contributed by atoms with Crippen molar-refractivity contribution in [1.82, 2.24) is 9.55 Å². The summed E-state index contributed by atoms with van der Waals surface area (Å²) in [5.74, 6) is -4.12. The molecule has 2 aliphatic heterocycles. The van der Waals surface area contributed by atoms with Crippen LogP contribution in [0.5, 0.6) is 5.75 Å². The maximum atomic E-state index is 15.2. The number of rotatable bonds is 4. The number of aliphatic hydroxyl groups excluding tert-OH is 2. The summed E-state index contributed by atoms with van der Waals surface area (Å²) in [6, 6.07) is 6.54. The molecule has 0 amide bonds. The fourth-order valence-electron chi connectivity index (χ4n) is 2.98. The van der Waals surface area contributed by atoms with Crippen LogP contribution in [0.2, 0.25) is 0 Å². The Labute approximate surface area is 172 Å². The molecule has 0 saturated carbocycles. The van der Waals surface area contributed by atoms with E-state index < -0.39 is 50.1 Å². The first-order valence-corrected chi connectivity index (χ1v) is 10.4. The number of H-pyrrole nitrogens is 1. The minimum Gasteiger partial charge on any atom is -0.404 e. The fraction of sp³-hybridized carbons (Fsp3) is 0.375. The third kappa shape index (κ3) is 3.73. The summed E-state index contributed by atoms with van der Waals surface area (Å²) >= 11 is 4.85. The summed E-state index contributed by atoms with van der Waals surface area (Å²) in [5, 5.41) is 20.3. The SMILES string of the molecule is O=c1[nH]c(=S)n([C@@H]2O[C@](F)(COP3(=O)OCc4ccccc4O3)[C@@H](O)[C@H]2O)cc1F. The number of fused-ring (bicyclic) bond motifs is 1. The highest BCUT2D eigenvalue weighted by Gasteiger charge is 2.57. The van der Waals surface area contributed by atoms with Gasteiger partial charge in [-0.2, -0.15) is 4.39 Å². The molecule has 2 aromatic rings. The van der Waals surface area contributed by atoms with Gasteiger partial charge in [0, 0.05) is 5.56 Å². The van der Waals surface area contributed by atoms with E-state index in [9.17, 15) is 24.0 Å². The van der Waals surface area contributed by atoms with Gasteiger partial charge in [0.1, 0.15) is 24.6 Å². The second-order valence-electron chi connectivity index (χ2n) is 6.57. The average Bonchev–Trinajstić information content (AvgIpc) is 2.94.